The van der Waals surface area contributed by atoms with Gasteiger partial charge in [-0.15, -0.1) is 0 Å². The van der Waals surface area contributed by atoms with Gasteiger partial charge in [0.15, 0.2) is 0 Å². The summed E-state index contributed by atoms with van der Waals surface area (Å²) < 4.78 is 0. The fraction of sp³-hybridized carbons (Fsp3) is 0. The van der Waals surface area contributed by atoms with Crippen LogP contribution in [0.3, 0.4) is 0 Å². The summed E-state index contributed by atoms with van der Waals surface area (Å²) in [6, 6.07) is 4.53. The Bertz CT molecular complexity index is 397. The van der Waals surface area contributed by atoms with Gasteiger partial charge >= 0.3 is 0 Å². The van der Waals surface area contributed by atoms with Gasteiger partial charge in [0.05, 0.1) is 16.3 Å². The molecule has 0 radical (unpaired) electrons. The predicted molar refractivity (Wildman–Crippen MR) is 48.8 cm³/mol. The zero-order chi connectivity index (χ0) is 9.84. The van der Waals surface area contributed by atoms with Crippen molar-refractivity contribution in [2.75, 3.05) is 0 Å². The third-order valence-electron chi connectivity index (χ3n) is 1.39. The number of benzene rings is 1. The van der Waals surface area contributed by atoms with E-state index in [1.54, 1.807) is 6.07 Å². The molecule has 0 heterocycles. The summed E-state index contributed by atoms with van der Waals surface area (Å²) in [5.41, 5.74) is 13.4. The number of hydrogen-bond acceptors (Lipinski definition) is 2. The lowest BCUT2D eigenvalue weighted by atomic mass is 10.2. The standard InChI is InChI=1S/C7H5ClN4O/c8-4-2-1-3-5(11-12-10)6(4)7(9)13/h1-3H,(H2,9,13). The second-order valence-corrected chi connectivity index (χ2v) is 2.59. The Morgan fingerprint density at radius 3 is 2.85 bits per heavy atom. The number of carbonyl (C=O) groups is 1. The highest BCUT2D eigenvalue weighted by molar-refractivity contribution is 6.34. The number of nitrogens with zero attached hydrogens (tertiary/aromatic N) is 3. The molecule has 5 nitrogen and oxygen atoms in total. The van der Waals surface area contributed by atoms with E-state index >= 15 is 0 Å². The Kier molecular flexibility index (Phi) is 2.74. The molecule has 1 aromatic rings. The topological polar surface area (TPSA) is 91.8 Å². The fourth-order valence-electron chi connectivity index (χ4n) is 0.888. The monoisotopic (exact) mass is 196 g/mol. The van der Waals surface area contributed by atoms with Crippen molar-refractivity contribution in [2.45, 2.75) is 0 Å². The molecule has 0 fully saturated rings. The summed E-state index contributed by atoms with van der Waals surface area (Å²) in [7, 11) is 0. The number of halogens is 1. The molecule has 1 aromatic carbocycles. The molecule has 1 rings (SSSR count). The lowest BCUT2D eigenvalue weighted by molar-refractivity contribution is 0.100. The van der Waals surface area contributed by atoms with Gasteiger partial charge in [-0.25, -0.2) is 0 Å². The van der Waals surface area contributed by atoms with Crippen molar-refractivity contribution in [1.82, 2.24) is 0 Å². The Labute approximate surface area is 78.7 Å². The molecule has 0 aliphatic carbocycles. The van der Waals surface area contributed by atoms with E-state index in [2.05, 4.69) is 10.0 Å². The molecule has 2 N–H and O–H groups in total. The molecule has 13 heavy (non-hydrogen) atoms. The molecule has 0 aliphatic heterocycles. The molecule has 0 atom stereocenters. The largest absolute Gasteiger partial charge is 0.366 e. The Balaban J connectivity index is 3.42. The fourth-order valence-corrected chi connectivity index (χ4v) is 1.15. The van der Waals surface area contributed by atoms with Crippen LogP contribution in [0, 0.1) is 0 Å². The Hall–Kier alpha value is -1.71. The number of amides is 1. The van der Waals surface area contributed by atoms with Crippen LogP contribution >= 0.6 is 11.6 Å². The van der Waals surface area contributed by atoms with Crippen molar-refractivity contribution < 1.29 is 4.79 Å². The number of nitrogens with two attached hydrogens (primary N) is 1. The highest BCUT2D eigenvalue weighted by Gasteiger charge is 2.10. The molecule has 6 heteroatoms. The lowest BCUT2D eigenvalue weighted by Crippen LogP contribution is -2.11. The van der Waals surface area contributed by atoms with Gasteiger partial charge in [-0.3, -0.25) is 4.79 Å². The van der Waals surface area contributed by atoms with Crippen LogP contribution in [0.25, 0.3) is 10.4 Å². The van der Waals surface area contributed by atoms with E-state index in [9.17, 15) is 4.79 Å². The number of primary amides is 1. The average Bonchev–Trinajstić information content (AvgIpc) is 2.04. The zero-order valence-corrected chi connectivity index (χ0v) is 7.19. The van der Waals surface area contributed by atoms with Crippen molar-refractivity contribution in [3.63, 3.8) is 0 Å². The van der Waals surface area contributed by atoms with E-state index in [0.717, 1.165) is 0 Å². The summed E-state index contributed by atoms with van der Waals surface area (Å²) >= 11 is 5.68. The number of azide groups is 1. The van der Waals surface area contributed by atoms with Crippen molar-refractivity contribution in [3.8, 4) is 0 Å². The van der Waals surface area contributed by atoms with Crippen LogP contribution in [0.4, 0.5) is 5.69 Å². The van der Waals surface area contributed by atoms with Crippen LogP contribution in [0.15, 0.2) is 23.3 Å². The molecule has 0 aromatic heterocycles. The van der Waals surface area contributed by atoms with E-state index in [1.807, 2.05) is 0 Å². The Morgan fingerprint density at radius 1 is 1.62 bits per heavy atom. The highest BCUT2D eigenvalue weighted by atomic mass is 35.5. The SMILES string of the molecule is [N-]=[N+]=Nc1cccc(Cl)c1C(N)=O. The number of rotatable bonds is 2. The zero-order valence-electron chi connectivity index (χ0n) is 6.44. The van der Waals surface area contributed by atoms with Crippen LogP contribution in [-0.2, 0) is 0 Å². The van der Waals surface area contributed by atoms with Gasteiger partial charge < -0.3 is 5.73 Å². The third-order valence-corrected chi connectivity index (χ3v) is 1.71. The second-order valence-electron chi connectivity index (χ2n) is 2.19. The van der Waals surface area contributed by atoms with E-state index in [-0.39, 0.29) is 16.3 Å². The van der Waals surface area contributed by atoms with E-state index < -0.39 is 5.91 Å². The van der Waals surface area contributed by atoms with Crippen molar-refractivity contribution in [2.24, 2.45) is 10.8 Å². The molecule has 0 aliphatic rings. The van der Waals surface area contributed by atoms with Crippen LogP contribution in [-0.4, -0.2) is 5.91 Å². The maximum atomic E-state index is 10.9. The predicted octanol–water partition coefficient (Wildman–Crippen LogP) is 2.38. The molecule has 0 saturated heterocycles. The number of hydrogen-bond donors (Lipinski definition) is 1. The van der Waals surface area contributed by atoms with E-state index in [1.165, 1.54) is 12.1 Å². The van der Waals surface area contributed by atoms with Crippen molar-refractivity contribution in [3.05, 3.63) is 39.2 Å². The smallest absolute Gasteiger partial charge is 0.250 e. The molecule has 0 unspecified atom stereocenters. The van der Waals surface area contributed by atoms with Gasteiger partial charge in [0.2, 0.25) is 0 Å². The second kappa shape index (κ2) is 3.80. The summed E-state index contributed by atoms with van der Waals surface area (Å²) in [4.78, 5) is 13.4. The van der Waals surface area contributed by atoms with Crippen LogP contribution < -0.4 is 5.73 Å². The molecule has 0 spiro atoms. The van der Waals surface area contributed by atoms with Crippen molar-refractivity contribution >= 4 is 23.2 Å². The first-order valence-corrected chi connectivity index (χ1v) is 3.68. The average molecular weight is 197 g/mol. The summed E-state index contributed by atoms with van der Waals surface area (Å²) in [5.74, 6) is -0.715. The maximum absolute atomic E-state index is 10.9. The highest BCUT2D eigenvalue weighted by Crippen LogP contribution is 2.26. The Morgan fingerprint density at radius 2 is 2.31 bits per heavy atom. The summed E-state index contributed by atoms with van der Waals surface area (Å²) in [6.45, 7) is 0. The van der Waals surface area contributed by atoms with E-state index in [0.29, 0.717) is 0 Å². The molecule has 66 valence electrons. The molecule has 0 saturated carbocycles. The minimum Gasteiger partial charge on any atom is -0.366 e. The first kappa shape index (κ1) is 9.38. The van der Waals surface area contributed by atoms with Crippen LogP contribution in [0.5, 0.6) is 0 Å². The van der Waals surface area contributed by atoms with E-state index in [4.69, 9.17) is 22.9 Å². The minimum atomic E-state index is -0.715. The number of carbonyl (C=O) groups excluding carboxylic acids is 1. The maximum Gasteiger partial charge on any atom is 0.250 e. The van der Waals surface area contributed by atoms with Crippen molar-refractivity contribution in [1.29, 1.82) is 0 Å². The quantitative estimate of drug-likeness (QED) is 0.439. The van der Waals surface area contributed by atoms with Gasteiger partial charge in [0.1, 0.15) is 0 Å². The van der Waals surface area contributed by atoms with Crippen LogP contribution in [0.1, 0.15) is 10.4 Å². The van der Waals surface area contributed by atoms with Crippen LogP contribution in [0.2, 0.25) is 5.02 Å². The normalized spacial score (nSPS) is 9.00. The minimum absolute atomic E-state index is 0.0435. The van der Waals surface area contributed by atoms with Gasteiger partial charge in [0.25, 0.3) is 5.91 Å². The molecular formula is C7H5ClN4O. The molecule has 0 bridgehead atoms. The first-order chi connectivity index (χ1) is 6.16. The summed E-state index contributed by atoms with van der Waals surface area (Å²) in [6.07, 6.45) is 0. The van der Waals surface area contributed by atoms with Gasteiger partial charge in [-0.05, 0) is 11.6 Å². The molecular weight excluding hydrogens is 192 g/mol. The lowest BCUT2D eigenvalue weighted by Gasteiger charge is -2.01. The van der Waals surface area contributed by atoms with Gasteiger partial charge in [-0.1, -0.05) is 28.8 Å². The van der Waals surface area contributed by atoms with Gasteiger partial charge in [0, 0.05) is 4.91 Å². The summed E-state index contributed by atoms with van der Waals surface area (Å²) in [5, 5.41) is 3.46. The molecule has 1 amide bonds. The first-order valence-electron chi connectivity index (χ1n) is 3.30. The third kappa shape index (κ3) is 1.90. The van der Waals surface area contributed by atoms with Gasteiger partial charge in [-0.2, -0.15) is 0 Å².